The van der Waals surface area contributed by atoms with Crippen LogP contribution in [0.3, 0.4) is 0 Å². The molecule has 0 aliphatic heterocycles. The van der Waals surface area contributed by atoms with Crippen LogP contribution in [-0.4, -0.2) is 40.8 Å². The van der Waals surface area contributed by atoms with Crippen molar-refractivity contribution in [3.63, 3.8) is 0 Å². The quantitative estimate of drug-likeness (QED) is 0.670. The van der Waals surface area contributed by atoms with Crippen LogP contribution in [0.15, 0.2) is 43.5 Å². The van der Waals surface area contributed by atoms with Crippen LogP contribution < -0.4 is 0 Å². The predicted octanol–water partition coefficient (Wildman–Crippen LogP) is 1.44. The van der Waals surface area contributed by atoms with E-state index in [2.05, 4.69) is 20.2 Å². The molecule has 0 atom stereocenters. The van der Waals surface area contributed by atoms with Crippen LogP contribution in [0.2, 0.25) is 0 Å². The Labute approximate surface area is 139 Å². The van der Waals surface area contributed by atoms with E-state index in [0.717, 1.165) is 12.1 Å². The summed E-state index contributed by atoms with van der Waals surface area (Å²) in [5.74, 6) is -1.76. The summed E-state index contributed by atoms with van der Waals surface area (Å²) in [4.78, 5) is 18.9. The third-order valence-corrected chi connectivity index (χ3v) is 3.47. The summed E-state index contributed by atoms with van der Waals surface area (Å²) in [6.07, 6.45) is 3.49. The molecule has 0 aliphatic rings. The summed E-state index contributed by atoms with van der Waals surface area (Å²) in [5.41, 5.74) is -1.94. The number of carbonyl (C=O) groups is 1. The summed E-state index contributed by atoms with van der Waals surface area (Å²) < 4.78 is 35.4. The molecule has 0 saturated heterocycles. The Morgan fingerprint density at radius 3 is 2.16 bits per heavy atom. The average Bonchev–Trinajstić information content (AvgIpc) is 3.20. The number of benzene rings is 1. The SMILES string of the molecule is O=C(O)OC(Cn1cncn1)(Cn1cncn1)c1ccc(F)cc1F. The van der Waals surface area contributed by atoms with Crippen LogP contribution >= 0.6 is 0 Å². The molecule has 25 heavy (non-hydrogen) atoms. The van der Waals surface area contributed by atoms with Gasteiger partial charge in [0.25, 0.3) is 0 Å². The van der Waals surface area contributed by atoms with E-state index in [1.807, 2.05) is 0 Å². The lowest BCUT2D eigenvalue weighted by molar-refractivity contribution is -0.0514. The third kappa shape index (κ3) is 3.59. The molecule has 2 heterocycles. The molecule has 1 N–H and O–H groups in total. The molecule has 0 amide bonds. The van der Waals surface area contributed by atoms with E-state index in [1.165, 1.54) is 34.7 Å². The first-order valence-electron chi connectivity index (χ1n) is 7.01. The second-order valence-corrected chi connectivity index (χ2v) is 5.17. The predicted molar refractivity (Wildman–Crippen MR) is 77.2 cm³/mol. The number of hydrogen-bond donors (Lipinski definition) is 1. The molecule has 3 aromatic rings. The molecule has 2 aromatic heterocycles. The Bertz CT molecular complexity index is 817. The number of carboxylic acid groups (broad SMARTS) is 1. The van der Waals surface area contributed by atoms with Crippen LogP contribution in [0.25, 0.3) is 0 Å². The highest BCUT2D eigenvalue weighted by Gasteiger charge is 2.41. The van der Waals surface area contributed by atoms with Crippen molar-refractivity contribution in [3.05, 3.63) is 60.7 Å². The van der Waals surface area contributed by atoms with Gasteiger partial charge in [-0.3, -0.25) is 0 Å². The molecule has 1 aromatic carbocycles. The highest BCUT2D eigenvalue weighted by molar-refractivity contribution is 5.58. The van der Waals surface area contributed by atoms with Gasteiger partial charge < -0.3 is 9.84 Å². The minimum Gasteiger partial charge on any atom is -0.450 e. The highest BCUT2D eigenvalue weighted by Crippen LogP contribution is 2.32. The summed E-state index contributed by atoms with van der Waals surface area (Å²) in [6, 6.07) is 2.79. The van der Waals surface area contributed by atoms with Crippen molar-refractivity contribution >= 4 is 6.16 Å². The van der Waals surface area contributed by atoms with E-state index in [1.54, 1.807) is 0 Å². The van der Waals surface area contributed by atoms with Crippen molar-refractivity contribution in [1.29, 1.82) is 0 Å². The van der Waals surface area contributed by atoms with Crippen molar-refractivity contribution in [2.45, 2.75) is 18.7 Å². The van der Waals surface area contributed by atoms with Gasteiger partial charge in [0.1, 0.15) is 36.9 Å². The lowest BCUT2D eigenvalue weighted by Crippen LogP contribution is -2.42. The molecular formula is C14H12F2N6O3. The minimum absolute atomic E-state index is 0.165. The fourth-order valence-corrected chi connectivity index (χ4v) is 2.52. The topological polar surface area (TPSA) is 108 Å². The molecular weight excluding hydrogens is 338 g/mol. The van der Waals surface area contributed by atoms with Gasteiger partial charge in [-0.25, -0.2) is 32.9 Å². The summed E-state index contributed by atoms with van der Waals surface area (Å²) in [7, 11) is 0. The lowest BCUT2D eigenvalue weighted by Gasteiger charge is -2.32. The summed E-state index contributed by atoms with van der Waals surface area (Å²) >= 11 is 0. The Kier molecular flexibility index (Phi) is 4.37. The van der Waals surface area contributed by atoms with Gasteiger partial charge >= 0.3 is 6.16 Å². The molecule has 0 fully saturated rings. The standard InChI is InChI=1S/C14H12F2N6O3/c15-10-1-2-11(12(16)3-10)14(25-13(23)24,4-21-8-17-6-19-21)5-22-9-18-7-20-22/h1-3,6-9H,4-5H2,(H,23,24). The van der Waals surface area contributed by atoms with Crippen LogP contribution in [0, 0.1) is 11.6 Å². The van der Waals surface area contributed by atoms with Gasteiger partial charge in [-0.2, -0.15) is 10.2 Å². The number of rotatable bonds is 6. The number of nitrogens with zero attached hydrogens (tertiary/aromatic N) is 6. The second kappa shape index (κ2) is 6.63. The lowest BCUT2D eigenvalue weighted by atomic mass is 9.92. The Balaban J connectivity index is 2.13. The van der Waals surface area contributed by atoms with Gasteiger partial charge in [-0.15, -0.1) is 0 Å². The van der Waals surface area contributed by atoms with Gasteiger partial charge in [0.15, 0.2) is 5.60 Å². The zero-order chi connectivity index (χ0) is 17.9. The maximum atomic E-state index is 14.4. The van der Waals surface area contributed by atoms with E-state index in [9.17, 15) is 18.7 Å². The number of ether oxygens (including phenoxy) is 1. The first-order valence-corrected chi connectivity index (χ1v) is 7.01. The summed E-state index contributed by atoms with van der Waals surface area (Å²) in [6.45, 7) is -0.413. The van der Waals surface area contributed by atoms with Gasteiger partial charge in [-0.1, -0.05) is 0 Å². The molecule has 0 aliphatic carbocycles. The van der Waals surface area contributed by atoms with E-state index in [4.69, 9.17) is 4.74 Å². The van der Waals surface area contributed by atoms with Gasteiger partial charge in [0.2, 0.25) is 0 Å². The zero-order valence-electron chi connectivity index (χ0n) is 12.7. The van der Waals surface area contributed by atoms with Gasteiger partial charge in [-0.05, 0) is 12.1 Å². The average molecular weight is 350 g/mol. The Morgan fingerprint density at radius 1 is 1.12 bits per heavy atom. The maximum absolute atomic E-state index is 14.4. The number of aromatic nitrogens is 6. The van der Waals surface area contributed by atoms with Crippen molar-refractivity contribution in [2.24, 2.45) is 0 Å². The van der Waals surface area contributed by atoms with Crippen molar-refractivity contribution in [3.8, 4) is 0 Å². The van der Waals surface area contributed by atoms with Gasteiger partial charge in [0, 0.05) is 11.6 Å². The Hall–Kier alpha value is -3.37. The van der Waals surface area contributed by atoms with Crippen molar-refractivity contribution < 1.29 is 23.4 Å². The fourth-order valence-electron chi connectivity index (χ4n) is 2.52. The smallest absolute Gasteiger partial charge is 0.450 e. The third-order valence-electron chi connectivity index (χ3n) is 3.47. The molecule has 0 radical (unpaired) electrons. The minimum atomic E-state index is -1.77. The van der Waals surface area contributed by atoms with E-state index in [-0.39, 0.29) is 18.7 Å². The van der Waals surface area contributed by atoms with Crippen LogP contribution in [0.4, 0.5) is 13.6 Å². The zero-order valence-corrected chi connectivity index (χ0v) is 12.7. The van der Waals surface area contributed by atoms with E-state index < -0.39 is 23.4 Å². The van der Waals surface area contributed by atoms with E-state index in [0.29, 0.717) is 6.07 Å². The van der Waals surface area contributed by atoms with Crippen molar-refractivity contribution in [2.75, 3.05) is 0 Å². The molecule has 0 bridgehead atoms. The normalized spacial score (nSPS) is 11.4. The number of halogens is 2. The first-order chi connectivity index (χ1) is 12.0. The molecule has 11 heteroatoms. The molecule has 3 rings (SSSR count). The maximum Gasteiger partial charge on any atom is 0.506 e. The van der Waals surface area contributed by atoms with Crippen LogP contribution in [-0.2, 0) is 23.4 Å². The van der Waals surface area contributed by atoms with Crippen LogP contribution in [0.5, 0.6) is 0 Å². The molecule has 130 valence electrons. The molecule has 0 spiro atoms. The largest absolute Gasteiger partial charge is 0.506 e. The summed E-state index contributed by atoms with van der Waals surface area (Å²) in [5, 5.41) is 17.0. The molecule has 0 saturated carbocycles. The molecule has 0 unspecified atom stereocenters. The first kappa shape index (κ1) is 16.5. The monoisotopic (exact) mass is 350 g/mol. The molecule has 9 nitrogen and oxygen atoms in total. The van der Waals surface area contributed by atoms with Crippen molar-refractivity contribution in [1.82, 2.24) is 29.5 Å². The fraction of sp³-hybridized carbons (Fsp3) is 0.214. The Morgan fingerprint density at radius 2 is 1.72 bits per heavy atom. The van der Waals surface area contributed by atoms with Crippen LogP contribution in [0.1, 0.15) is 5.56 Å². The number of hydrogen-bond acceptors (Lipinski definition) is 6. The highest BCUT2D eigenvalue weighted by atomic mass is 19.1. The van der Waals surface area contributed by atoms with E-state index >= 15 is 0 Å². The second-order valence-electron chi connectivity index (χ2n) is 5.17. The van der Waals surface area contributed by atoms with Gasteiger partial charge in [0.05, 0.1) is 13.1 Å².